The Hall–Kier alpha value is -3.70. The third-order valence-corrected chi connectivity index (χ3v) is 8.09. The summed E-state index contributed by atoms with van der Waals surface area (Å²) in [7, 11) is 0. The maximum atomic E-state index is 12.9. The highest BCUT2D eigenvalue weighted by Crippen LogP contribution is 2.37. The number of fused-ring (bicyclic) bond motifs is 1. The fourth-order valence-corrected chi connectivity index (χ4v) is 6.08. The molecule has 2 aromatic carbocycles. The van der Waals surface area contributed by atoms with Crippen LogP contribution in [0.4, 0.5) is 0 Å². The number of amides is 3. The molecule has 0 aromatic heterocycles. The maximum Gasteiger partial charge on any atom is 0.255 e. The normalized spacial score (nSPS) is 26.4. The molecule has 3 atom stereocenters. The van der Waals surface area contributed by atoms with Crippen LogP contribution < -0.4 is 10.1 Å². The summed E-state index contributed by atoms with van der Waals surface area (Å²) in [5.41, 5.74) is 3.43. The summed E-state index contributed by atoms with van der Waals surface area (Å²) in [4.78, 5) is 40.8. The van der Waals surface area contributed by atoms with Crippen molar-refractivity contribution in [3.05, 3.63) is 64.7 Å². The predicted molar refractivity (Wildman–Crippen MR) is 130 cm³/mol. The van der Waals surface area contributed by atoms with Gasteiger partial charge in [-0.05, 0) is 67.1 Å². The number of nitriles is 1. The van der Waals surface area contributed by atoms with Crippen LogP contribution in [0.1, 0.15) is 65.1 Å². The van der Waals surface area contributed by atoms with Crippen LogP contribution in [0.5, 0.6) is 5.75 Å². The van der Waals surface area contributed by atoms with E-state index in [1.165, 1.54) is 5.56 Å². The third kappa shape index (κ3) is 4.03. The molecule has 8 heteroatoms. The molecule has 1 aliphatic carbocycles. The van der Waals surface area contributed by atoms with E-state index in [2.05, 4.69) is 28.4 Å². The van der Waals surface area contributed by atoms with E-state index in [1.54, 1.807) is 11.0 Å². The van der Waals surface area contributed by atoms with Crippen molar-refractivity contribution in [2.24, 2.45) is 0 Å². The number of nitrogens with zero attached hydrogens (tertiary/aromatic N) is 3. The Balaban J connectivity index is 1.09. The number of hydrogen-bond donors (Lipinski definition) is 1. The van der Waals surface area contributed by atoms with Gasteiger partial charge in [-0.3, -0.25) is 24.6 Å². The summed E-state index contributed by atoms with van der Waals surface area (Å²) in [6, 6.07) is 15.4. The van der Waals surface area contributed by atoms with Gasteiger partial charge in [0.05, 0.1) is 11.6 Å². The number of imide groups is 1. The number of carbonyl (C=O) groups is 3. The van der Waals surface area contributed by atoms with E-state index in [4.69, 9.17) is 10.00 Å². The van der Waals surface area contributed by atoms with Crippen molar-refractivity contribution < 1.29 is 19.1 Å². The summed E-state index contributed by atoms with van der Waals surface area (Å²) in [6.45, 7) is 2.34. The van der Waals surface area contributed by atoms with Gasteiger partial charge < -0.3 is 9.64 Å². The number of benzene rings is 2. The Morgan fingerprint density at radius 2 is 1.81 bits per heavy atom. The van der Waals surface area contributed by atoms with Crippen LogP contribution in [-0.2, 0) is 16.1 Å². The monoisotopic (exact) mass is 484 g/mol. The topological polar surface area (TPSA) is 103 Å². The highest BCUT2D eigenvalue weighted by molar-refractivity contribution is 6.05. The first kappa shape index (κ1) is 22.7. The average Bonchev–Trinajstić information content (AvgIpc) is 3.43. The summed E-state index contributed by atoms with van der Waals surface area (Å²) in [6.07, 6.45) is 3.94. The molecule has 4 aliphatic rings. The molecule has 3 aliphatic heterocycles. The van der Waals surface area contributed by atoms with Crippen molar-refractivity contribution in [2.45, 2.75) is 62.8 Å². The zero-order valence-electron chi connectivity index (χ0n) is 20.0. The largest absolute Gasteiger partial charge is 0.489 e. The molecule has 0 spiro atoms. The van der Waals surface area contributed by atoms with Gasteiger partial charge in [-0.15, -0.1) is 0 Å². The van der Waals surface area contributed by atoms with E-state index < -0.39 is 11.9 Å². The summed E-state index contributed by atoms with van der Waals surface area (Å²) in [5, 5.41) is 11.4. The second-order valence-corrected chi connectivity index (χ2v) is 10.3. The Labute approximate surface area is 209 Å². The van der Waals surface area contributed by atoms with E-state index in [9.17, 15) is 14.4 Å². The van der Waals surface area contributed by atoms with Crippen LogP contribution in [0.3, 0.4) is 0 Å². The van der Waals surface area contributed by atoms with E-state index in [0.29, 0.717) is 36.1 Å². The van der Waals surface area contributed by atoms with Gasteiger partial charge in [0.25, 0.3) is 5.91 Å². The molecule has 1 unspecified atom stereocenters. The van der Waals surface area contributed by atoms with Gasteiger partial charge in [0.2, 0.25) is 11.8 Å². The lowest BCUT2D eigenvalue weighted by Crippen LogP contribution is -2.54. The number of rotatable bonds is 5. The van der Waals surface area contributed by atoms with Gasteiger partial charge in [0.1, 0.15) is 17.9 Å². The highest BCUT2D eigenvalue weighted by atomic mass is 16.5. The second kappa shape index (κ2) is 9.07. The predicted octanol–water partition coefficient (Wildman–Crippen LogP) is 2.72. The van der Waals surface area contributed by atoms with Gasteiger partial charge >= 0.3 is 0 Å². The number of ether oxygens (including phenoxy) is 1. The van der Waals surface area contributed by atoms with E-state index in [0.717, 1.165) is 43.7 Å². The molecule has 36 heavy (non-hydrogen) atoms. The van der Waals surface area contributed by atoms with Crippen molar-refractivity contribution in [2.75, 3.05) is 13.1 Å². The summed E-state index contributed by atoms with van der Waals surface area (Å²) < 4.78 is 6.46. The number of carbonyl (C=O) groups excluding carboxylic acids is 3. The Bertz CT molecular complexity index is 1260. The van der Waals surface area contributed by atoms with E-state index in [1.807, 2.05) is 24.3 Å². The lowest BCUT2D eigenvalue weighted by Gasteiger charge is -2.45. The number of hydrogen-bond acceptors (Lipinski definition) is 6. The fourth-order valence-electron chi connectivity index (χ4n) is 6.08. The van der Waals surface area contributed by atoms with Gasteiger partial charge in [-0.25, -0.2) is 0 Å². The molecule has 3 fully saturated rings. The molecule has 0 radical (unpaired) electrons. The van der Waals surface area contributed by atoms with E-state index >= 15 is 0 Å². The molecule has 8 nitrogen and oxygen atoms in total. The molecule has 2 saturated heterocycles. The summed E-state index contributed by atoms with van der Waals surface area (Å²) >= 11 is 0. The van der Waals surface area contributed by atoms with Crippen molar-refractivity contribution in [1.29, 1.82) is 5.26 Å². The second-order valence-electron chi connectivity index (χ2n) is 10.3. The molecule has 3 amide bonds. The number of nitrogens with one attached hydrogen (secondary N) is 1. The molecule has 3 heterocycles. The molecule has 1 N–H and O–H groups in total. The molecular formula is C28H28N4O4. The third-order valence-electron chi connectivity index (χ3n) is 8.09. The molecule has 6 rings (SSSR count). The fraction of sp³-hybridized carbons (Fsp3) is 0.429. The number of likely N-dealkylation sites (tertiary alicyclic amines) is 1. The van der Waals surface area contributed by atoms with Crippen LogP contribution in [0.25, 0.3) is 0 Å². The maximum absolute atomic E-state index is 12.9. The SMILES string of the molecule is N#Cc1ccc(C2CN([C@@H]3CCC[C@@H]3Oc3ccc4c(c3)CN(C3CCC(=O)NC3=O)C4=O)C2)cc1. The summed E-state index contributed by atoms with van der Waals surface area (Å²) in [5.74, 6) is 0.398. The first-order valence-electron chi connectivity index (χ1n) is 12.7. The minimum Gasteiger partial charge on any atom is -0.489 e. The van der Waals surface area contributed by atoms with Crippen molar-refractivity contribution >= 4 is 17.7 Å². The van der Waals surface area contributed by atoms with Gasteiger partial charge in [0.15, 0.2) is 0 Å². The molecule has 2 aromatic rings. The lowest BCUT2D eigenvalue weighted by atomic mass is 9.89. The van der Waals surface area contributed by atoms with E-state index in [-0.39, 0.29) is 24.3 Å². The zero-order chi connectivity index (χ0) is 24.8. The molecule has 1 saturated carbocycles. The van der Waals surface area contributed by atoms with Crippen LogP contribution in [-0.4, -0.2) is 58.8 Å². The smallest absolute Gasteiger partial charge is 0.255 e. The minimum absolute atomic E-state index is 0.105. The highest BCUT2D eigenvalue weighted by Gasteiger charge is 2.42. The molecular weight excluding hydrogens is 456 g/mol. The number of piperidine rings is 1. The van der Waals surface area contributed by atoms with Crippen LogP contribution >= 0.6 is 0 Å². The molecule has 184 valence electrons. The zero-order valence-corrected chi connectivity index (χ0v) is 20.0. The van der Waals surface area contributed by atoms with Crippen molar-refractivity contribution in [1.82, 2.24) is 15.1 Å². The first-order valence-corrected chi connectivity index (χ1v) is 12.7. The average molecular weight is 485 g/mol. The van der Waals surface area contributed by atoms with Gasteiger partial charge in [-0.2, -0.15) is 5.26 Å². The van der Waals surface area contributed by atoms with Crippen molar-refractivity contribution in [3.8, 4) is 11.8 Å². The molecule has 0 bridgehead atoms. The Kier molecular flexibility index (Phi) is 5.73. The van der Waals surface area contributed by atoms with Crippen LogP contribution in [0, 0.1) is 11.3 Å². The lowest BCUT2D eigenvalue weighted by molar-refractivity contribution is -0.136. The first-order chi connectivity index (χ1) is 17.5. The minimum atomic E-state index is -0.610. The standard InChI is InChI=1S/C28H28N4O4/c29-13-17-4-6-18(7-5-17)20-14-31(15-20)23-2-1-3-25(23)36-21-8-9-22-19(12-21)16-32(28(22)35)24-10-11-26(33)30-27(24)34/h4-9,12,20,23-25H,1-3,10-11,14-16H2,(H,30,33,34)/t23-,24?,25+/m1/s1. The van der Waals surface area contributed by atoms with Crippen LogP contribution in [0.2, 0.25) is 0 Å². The van der Waals surface area contributed by atoms with Gasteiger partial charge in [0, 0.05) is 43.6 Å². The van der Waals surface area contributed by atoms with Crippen LogP contribution in [0.15, 0.2) is 42.5 Å². The quantitative estimate of drug-likeness (QED) is 0.655. The Morgan fingerprint density at radius 3 is 2.56 bits per heavy atom. The van der Waals surface area contributed by atoms with Gasteiger partial charge in [-0.1, -0.05) is 12.1 Å². The van der Waals surface area contributed by atoms with Crippen molar-refractivity contribution in [3.63, 3.8) is 0 Å². The Morgan fingerprint density at radius 1 is 1.00 bits per heavy atom.